The molecule has 0 fully saturated rings. The topological polar surface area (TPSA) is 55.1 Å². The number of anilines is 1. The molecule has 6 heteroatoms. The lowest BCUT2D eigenvalue weighted by molar-refractivity contribution is 0.102. The fourth-order valence-electron chi connectivity index (χ4n) is 1.97. The van der Waals surface area contributed by atoms with Crippen LogP contribution in [-0.2, 0) is 0 Å². The van der Waals surface area contributed by atoms with Crippen molar-refractivity contribution in [3.05, 3.63) is 72.3 Å². The van der Waals surface area contributed by atoms with Gasteiger partial charge < -0.3 is 9.73 Å². The minimum absolute atomic E-state index is 0.0657. The maximum atomic E-state index is 13.2. The summed E-state index contributed by atoms with van der Waals surface area (Å²) in [6, 6.07) is 12.1. The zero-order valence-corrected chi connectivity index (χ0v) is 11.2. The van der Waals surface area contributed by atoms with E-state index in [1.165, 1.54) is 6.07 Å². The third-order valence-electron chi connectivity index (χ3n) is 3.00. The smallest absolute Gasteiger partial charge is 0.278 e. The first-order valence-electron chi connectivity index (χ1n) is 6.40. The molecule has 110 valence electrons. The first-order chi connectivity index (χ1) is 10.6. The molecule has 1 N–H and O–H groups in total. The van der Waals surface area contributed by atoms with E-state index in [9.17, 15) is 13.6 Å². The van der Waals surface area contributed by atoms with Gasteiger partial charge in [-0.3, -0.25) is 4.79 Å². The number of carbonyl (C=O) groups is 1. The standard InChI is InChI=1S/C16H10F2N2O2/c17-12-7-6-11(8-13(12)18)20-16(21)14-15(22-9-19-14)10-4-2-1-3-5-10/h1-9H,(H,20,21). The van der Waals surface area contributed by atoms with Gasteiger partial charge in [-0.25, -0.2) is 13.8 Å². The Morgan fingerprint density at radius 3 is 2.55 bits per heavy atom. The van der Waals surface area contributed by atoms with Crippen molar-refractivity contribution in [3.63, 3.8) is 0 Å². The van der Waals surface area contributed by atoms with E-state index in [2.05, 4.69) is 10.3 Å². The van der Waals surface area contributed by atoms with Crippen molar-refractivity contribution in [2.75, 3.05) is 5.32 Å². The normalized spacial score (nSPS) is 10.5. The second-order valence-corrected chi connectivity index (χ2v) is 4.48. The number of oxazole rings is 1. The summed E-state index contributed by atoms with van der Waals surface area (Å²) in [5.41, 5.74) is 0.886. The van der Waals surface area contributed by atoms with Crippen LogP contribution in [0.15, 0.2) is 59.3 Å². The molecule has 0 bridgehead atoms. The van der Waals surface area contributed by atoms with Gasteiger partial charge in [0.05, 0.1) is 0 Å². The van der Waals surface area contributed by atoms with E-state index in [1.54, 1.807) is 24.3 Å². The third kappa shape index (κ3) is 2.71. The average Bonchev–Trinajstić information content (AvgIpc) is 3.01. The van der Waals surface area contributed by atoms with Gasteiger partial charge >= 0.3 is 0 Å². The molecule has 1 amide bonds. The summed E-state index contributed by atoms with van der Waals surface area (Å²) in [6.45, 7) is 0. The summed E-state index contributed by atoms with van der Waals surface area (Å²) in [5, 5.41) is 2.45. The molecular weight excluding hydrogens is 290 g/mol. The van der Waals surface area contributed by atoms with Crippen LogP contribution in [0.4, 0.5) is 14.5 Å². The number of rotatable bonds is 3. The minimum Gasteiger partial charge on any atom is -0.443 e. The van der Waals surface area contributed by atoms with Crippen LogP contribution in [0.3, 0.4) is 0 Å². The van der Waals surface area contributed by atoms with E-state index in [4.69, 9.17) is 4.42 Å². The molecule has 1 aromatic heterocycles. The van der Waals surface area contributed by atoms with Crippen LogP contribution in [0.2, 0.25) is 0 Å². The van der Waals surface area contributed by atoms with Gasteiger partial charge in [-0.1, -0.05) is 30.3 Å². The summed E-state index contributed by atoms with van der Waals surface area (Å²) >= 11 is 0. The fraction of sp³-hybridized carbons (Fsp3) is 0. The number of hydrogen-bond acceptors (Lipinski definition) is 3. The van der Waals surface area contributed by atoms with E-state index in [-0.39, 0.29) is 11.4 Å². The van der Waals surface area contributed by atoms with Crippen molar-refractivity contribution in [2.45, 2.75) is 0 Å². The summed E-state index contributed by atoms with van der Waals surface area (Å²) in [5.74, 6) is -2.29. The molecule has 2 aromatic carbocycles. The van der Waals surface area contributed by atoms with Gasteiger partial charge in [0.15, 0.2) is 29.5 Å². The van der Waals surface area contributed by atoms with Gasteiger partial charge in [0, 0.05) is 17.3 Å². The number of halogens is 2. The van der Waals surface area contributed by atoms with Crippen LogP contribution in [0.25, 0.3) is 11.3 Å². The number of carbonyl (C=O) groups excluding carboxylic acids is 1. The number of amides is 1. The lowest BCUT2D eigenvalue weighted by atomic mass is 10.1. The largest absolute Gasteiger partial charge is 0.443 e. The van der Waals surface area contributed by atoms with Gasteiger partial charge in [-0.15, -0.1) is 0 Å². The van der Waals surface area contributed by atoms with E-state index in [0.717, 1.165) is 18.5 Å². The molecule has 0 aliphatic heterocycles. The van der Waals surface area contributed by atoms with Gasteiger partial charge in [0.2, 0.25) is 0 Å². The molecule has 0 spiro atoms. The van der Waals surface area contributed by atoms with Gasteiger partial charge in [0.1, 0.15) is 0 Å². The SMILES string of the molecule is O=C(Nc1ccc(F)c(F)c1)c1ncoc1-c1ccccc1. The van der Waals surface area contributed by atoms with Crippen LogP contribution in [0.1, 0.15) is 10.5 Å². The van der Waals surface area contributed by atoms with Crippen LogP contribution in [0, 0.1) is 11.6 Å². The lowest BCUT2D eigenvalue weighted by Gasteiger charge is -2.05. The number of aromatic nitrogens is 1. The van der Waals surface area contributed by atoms with E-state index in [0.29, 0.717) is 11.3 Å². The van der Waals surface area contributed by atoms with E-state index in [1.807, 2.05) is 6.07 Å². The first kappa shape index (κ1) is 13.9. The molecule has 3 rings (SSSR count). The first-order valence-corrected chi connectivity index (χ1v) is 6.40. The molecule has 1 heterocycles. The molecular formula is C16H10F2N2O2. The van der Waals surface area contributed by atoms with Gasteiger partial charge in [0.25, 0.3) is 5.91 Å². The maximum absolute atomic E-state index is 13.2. The Kier molecular flexibility index (Phi) is 3.65. The number of hydrogen-bond donors (Lipinski definition) is 1. The maximum Gasteiger partial charge on any atom is 0.278 e. The van der Waals surface area contributed by atoms with Crippen molar-refractivity contribution in [1.82, 2.24) is 4.98 Å². The number of nitrogens with one attached hydrogen (secondary N) is 1. The van der Waals surface area contributed by atoms with Crippen molar-refractivity contribution in [3.8, 4) is 11.3 Å². The lowest BCUT2D eigenvalue weighted by Crippen LogP contribution is -2.13. The number of benzene rings is 2. The highest BCUT2D eigenvalue weighted by Gasteiger charge is 2.18. The highest BCUT2D eigenvalue weighted by Crippen LogP contribution is 2.23. The average molecular weight is 300 g/mol. The number of nitrogens with zero attached hydrogens (tertiary/aromatic N) is 1. The molecule has 4 nitrogen and oxygen atoms in total. The summed E-state index contributed by atoms with van der Waals surface area (Å²) in [6.07, 6.45) is 1.16. The monoisotopic (exact) mass is 300 g/mol. The second kappa shape index (κ2) is 5.77. The van der Waals surface area contributed by atoms with Crippen LogP contribution >= 0.6 is 0 Å². The Hall–Kier alpha value is -3.02. The van der Waals surface area contributed by atoms with E-state index < -0.39 is 17.5 Å². The predicted octanol–water partition coefficient (Wildman–Crippen LogP) is 3.87. The Morgan fingerprint density at radius 1 is 1.05 bits per heavy atom. The molecule has 0 saturated carbocycles. The Balaban J connectivity index is 1.87. The second-order valence-electron chi connectivity index (χ2n) is 4.48. The van der Waals surface area contributed by atoms with Crippen molar-refractivity contribution >= 4 is 11.6 Å². The fourth-order valence-corrected chi connectivity index (χ4v) is 1.97. The zero-order valence-electron chi connectivity index (χ0n) is 11.2. The highest BCUT2D eigenvalue weighted by molar-refractivity contribution is 6.06. The van der Waals surface area contributed by atoms with Crippen molar-refractivity contribution < 1.29 is 18.0 Å². The molecule has 0 saturated heterocycles. The van der Waals surface area contributed by atoms with Gasteiger partial charge in [-0.2, -0.15) is 0 Å². The Morgan fingerprint density at radius 2 is 1.82 bits per heavy atom. The molecule has 22 heavy (non-hydrogen) atoms. The Labute approximate surface area is 124 Å². The third-order valence-corrected chi connectivity index (χ3v) is 3.00. The van der Waals surface area contributed by atoms with Crippen LogP contribution < -0.4 is 5.32 Å². The van der Waals surface area contributed by atoms with Crippen molar-refractivity contribution in [1.29, 1.82) is 0 Å². The summed E-state index contributed by atoms with van der Waals surface area (Å²) in [7, 11) is 0. The molecule has 0 aliphatic carbocycles. The van der Waals surface area contributed by atoms with Crippen molar-refractivity contribution in [2.24, 2.45) is 0 Å². The van der Waals surface area contributed by atoms with E-state index >= 15 is 0 Å². The molecule has 0 unspecified atom stereocenters. The quantitative estimate of drug-likeness (QED) is 0.798. The minimum atomic E-state index is -1.04. The molecule has 0 aliphatic rings. The molecule has 0 atom stereocenters. The highest BCUT2D eigenvalue weighted by atomic mass is 19.2. The predicted molar refractivity (Wildman–Crippen MR) is 76.3 cm³/mol. The van der Waals surface area contributed by atoms with Gasteiger partial charge in [-0.05, 0) is 12.1 Å². The zero-order chi connectivity index (χ0) is 15.5. The molecule has 3 aromatic rings. The van der Waals surface area contributed by atoms with Crippen LogP contribution in [0.5, 0.6) is 0 Å². The summed E-state index contributed by atoms with van der Waals surface area (Å²) in [4.78, 5) is 16.1. The molecule has 0 radical (unpaired) electrons. The summed E-state index contributed by atoms with van der Waals surface area (Å²) < 4.78 is 31.3. The van der Waals surface area contributed by atoms with Crippen LogP contribution in [-0.4, -0.2) is 10.9 Å². The Bertz CT molecular complexity index is 816.